The Morgan fingerprint density at radius 3 is 2.67 bits per heavy atom. The first kappa shape index (κ1) is 23.6. The van der Waals surface area contributed by atoms with Gasteiger partial charge in [-0.2, -0.15) is 0 Å². The summed E-state index contributed by atoms with van der Waals surface area (Å²) in [6, 6.07) is 5.32. The van der Waals surface area contributed by atoms with Crippen LogP contribution in [0.4, 0.5) is 11.8 Å². The van der Waals surface area contributed by atoms with Crippen molar-refractivity contribution in [1.82, 2.24) is 24.3 Å². The number of aliphatic hydroxyl groups is 1. The van der Waals surface area contributed by atoms with E-state index in [0.717, 1.165) is 11.3 Å². The summed E-state index contributed by atoms with van der Waals surface area (Å²) in [6.45, 7) is 1.28. The average molecular weight is 515 g/mol. The lowest BCUT2D eigenvalue weighted by molar-refractivity contribution is -0.0868. The highest BCUT2D eigenvalue weighted by molar-refractivity contribution is 7.99. The Hall–Kier alpha value is -2.79. The minimum Gasteiger partial charge on any atom is -0.382 e. The van der Waals surface area contributed by atoms with Crippen molar-refractivity contribution in [3.63, 3.8) is 0 Å². The molecule has 0 saturated carbocycles. The fourth-order valence-electron chi connectivity index (χ4n) is 5.37. The zero-order valence-electron chi connectivity index (χ0n) is 19.2. The number of anilines is 2. The molecule has 1 fully saturated rings. The van der Waals surface area contributed by atoms with Crippen LogP contribution in [0.5, 0.6) is 0 Å². The number of nitrogens with zero attached hydrogens (tertiary/aromatic N) is 6. The number of piperidine rings is 1. The van der Waals surface area contributed by atoms with Crippen LogP contribution in [0.25, 0.3) is 5.65 Å². The lowest BCUT2D eigenvalue weighted by atomic mass is 9.71. The van der Waals surface area contributed by atoms with Gasteiger partial charge in [0.15, 0.2) is 5.65 Å². The van der Waals surface area contributed by atoms with E-state index in [2.05, 4.69) is 19.9 Å². The van der Waals surface area contributed by atoms with Crippen LogP contribution in [0.15, 0.2) is 46.6 Å². The summed E-state index contributed by atoms with van der Waals surface area (Å²) in [5.41, 5.74) is 13.3. The normalized spacial score (nSPS) is 20.8. The molecule has 5 heterocycles. The molecule has 0 amide bonds. The Labute approximate surface area is 219 Å². The standard InChI is InChI=1S/C23H21B2ClN8OS/c24-15-10-14(16(26)19(27)31-15)36-17-18(25)32-21(34-9-6-30-20(17)34)33-7-3-22(4-8-33)11-13-12(23(22,28)35)2-1-5-29-13/h1-2,5-6,9-10,35H,3-4,7-8,11,28H2,(H2,27,31). The van der Waals surface area contributed by atoms with Gasteiger partial charge < -0.3 is 15.7 Å². The quantitative estimate of drug-likeness (QED) is 0.263. The van der Waals surface area contributed by atoms with E-state index in [-0.39, 0.29) is 11.4 Å². The van der Waals surface area contributed by atoms with Crippen LogP contribution in [0.1, 0.15) is 24.1 Å². The first-order valence-corrected chi connectivity index (χ1v) is 12.6. The monoisotopic (exact) mass is 514 g/mol. The van der Waals surface area contributed by atoms with Gasteiger partial charge in [0.05, 0.1) is 9.92 Å². The molecule has 2 aliphatic rings. The van der Waals surface area contributed by atoms with Gasteiger partial charge >= 0.3 is 0 Å². The van der Waals surface area contributed by atoms with Crippen LogP contribution in [0.2, 0.25) is 5.02 Å². The Bertz CT molecular complexity index is 1510. The van der Waals surface area contributed by atoms with E-state index in [0.29, 0.717) is 64.4 Å². The number of pyridine rings is 2. The highest BCUT2D eigenvalue weighted by atomic mass is 35.5. The van der Waals surface area contributed by atoms with Gasteiger partial charge in [-0.3, -0.25) is 15.1 Å². The minimum absolute atomic E-state index is 0.146. The van der Waals surface area contributed by atoms with E-state index in [1.165, 1.54) is 11.8 Å². The van der Waals surface area contributed by atoms with Gasteiger partial charge in [0.25, 0.3) is 0 Å². The first-order chi connectivity index (χ1) is 17.2. The third-order valence-electron chi connectivity index (χ3n) is 7.31. The van der Waals surface area contributed by atoms with Gasteiger partial charge in [-0.25, -0.2) is 15.0 Å². The second kappa shape index (κ2) is 8.37. The molecule has 1 unspecified atom stereocenters. The topological polar surface area (TPSA) is 131 Å². The van der Waals surface area contributed by atoms with Gasteiger partial charge in [-0.1, -0.05) is 29.4 Å². The molecule has 36 heavy (non-hydrogen) atoms. The molecule has 0 aromatic carbocycles. The van der Waals surface area contributed by atoms with Crippen LogP contribution in [0.3, 0.4) is 0 Å². The van der Waals surface area contributed by atoms with E-state index >= 15 is 0 Å². The number of hydrogen-bond acceptors (Lipinski definition) is 9. The molecule has 1 saturated heterocycles. The number of fused-ring (bicyclic) bond motifs is 2. The third kappa shape index (κ3) is 3.50. The number of halogens is 1. The van der Waals surface area contributed by atoms with Gasteiger partial charge in [0.2, 0.25) is 5.95 Å². The van der Waals surface area contributed by atoms with Crippen LogP contribution >= 0.6 is 23.4 Å². The molecule has 0 bridgehead atoms. The van der Waals surface area contributed by atoms with E-state index in [4.69, 9.17) is 43.7 Å². The molecule has 4 aromatic rings. The van der Waals surface area contributed by atoms with Crippen LogP contribution in [-0.4, -0.2) is 58.2 Å². The van der Waals surface area contributed by atoms with Crippen molar-refractivity contribution in [3.05, 3.63) is 53.1 Å². The minimum atomic E-state index is -1.42. The Morgan fingerprint density at radius 1 is 1.14 bits per heavy atom. The Morgan fingerprint density at radius 2 is 1.92 bits per heavy atom. The van der Waals surface area contributed by atoms with Crippen molar-refractivity contribution in [2.24, 2.45) is 11.1 Å². The number of aromatic nitrogens is 5. The molecule has 178 valence electrons. The van der Waals surface area contributed by atoms with Crippen LogP contribution < -0.4 is 27.6 Å². The van der Waals surface area contributed by atoms with Gasteiger partial charge in [0.1, 0.15) is 27.2 Å². The highest BCUT2D eigenvalue weighted by Crippen LogP contribution is 2.52. The highest BCUT2D eigenvalue weighted by Gasteiger charge is 2.56. The molecule has 5 N–H and O–H groups in total. The van der Waals surface area contributed by atoms with Crippen LogP contribution in [0, 0.1) is 5.41 Å². The predicted molar refractivity (Wildman–Crippen MR) is 141 cm³/mol. The van der Waals surface area contributed by atoms with Crippen molar-refractivity contribution in [1.29, 1.82) is 0 Å². The molecule has 6 rings (SSSR count). The summed E-state index contributed by atoms with van der Waals surface area (Å²) in [4.78, 5) is 21.1. The van der Waals surface area contributed by atoms with Crippen LogP contribution in [-0.2, 0) is 12.1 Å². The zero-order chi connectivity index (χ0) is 25.2. The molecule has 4 radical (unpaired) electrons. The molecule has 1 aliphatic heterocycles. The molecule has 13 heteroatoms. The average Bonchev–Trinajstić information content (AvgIpc) is 3.41. The third-order valence-corrected chi connectivity index (χ3v) is 8.96. The van der Waals surface area contributed by atoms with Gasteiger partial charge in [-0.05, 0) is 30.6 Å². The first-order valence-electron chi connectivity index (χ1n) is 11.4. The fourth-order valence-corrected chi connectivity index (χ4v) is 6.57. The maximum absolute atomic E-state index is 11.3. The Balaban J connectivity index is 1.31. The number of nitrogen functional groups attached to an aromatic ring is 1. The lowest BCUT2D eigenvalue weighted by Gasteiger charge is -2.46. The molecule has 1 atom stereocenters. The zero-order valence-corrected chi connectivity index (χ0v) is 20.8. The maximum atomic E-state index is 11.3. The summed E-state index contributed by atoms with van der Waals surface area (Å²) in [7, 11) is 12.3. The van der Waals surface area contributed by atoms with Gasteiger partial charge in [0, 0.05) is 65.3 Å². The van der Waals surface area contributed by atoms with Crippen molar-refractivity contribution in [2.45, 2.75) is 34.8 Å². The second-order valence-electron chi connectivity index (χ2n) is 9.30. The number of nitrogens with two attached hydrogens (primary N) is 2. The predicted octanol–water partition coefficient (Wildman–Crippen LogP) is 0.440. The van der Waals surface area contributed by atoms with Gasteiger partial charge in [-0.15, -0.1) is 0 Å². The molecular formula is C23H21B2ClN8OS. The lowest BCUT2D eigenvalue weighted by Crippen LogP contribution is -2.55. The maximum Gasteiger partial charge on any atom is 0.210 e. The second-order valence-corrected chi connectivity index (χ2v) is 10.7. The molecule has 4 aromatic heterocycles. The molecular weight excluding hydrogens is 493 g/mol. The Kier molecular flexibility index (Phi) is 5.49. The smallest absolute Gasteiger partial charge is 0.210 e. The van der Waals surface area contributed by atoms with Crippen molar-refractivity contribution in [2.75, 3.05) is 23.7 Å². The fraction of sp³-hybridized carbons (Fsp3) is 0.304. The molecule has 1 spiro atoms. The largest absolute Gasteiger partial charge is 0.382 e. The number of rotatable bonds is 3. The summed E-state index contributed by atoms with van der Waals surface area (Å²) in [5.74, 6) is 0.821. The SMILES string of the molecule is [B]c1cc(Sc2c([B])nc(N3CCC4(CC3)Cc3ncccc3C4(N)O)n3ccnc23)c(Cl)c(N)n1. The van der Waals surface area contributed by atoms with Crippen molar-refractivity contribution >= 4 is 67.7 Å². The van der Waals surface area contributed by atoms with Crippen molar-refractivity contribution < 1.29 is 5.11 Å². The molecule has 9 nitrogen and oxygen atoms in total. The number of hydrogen-bond donors (Lipinski definition) is 3. The summed E-state index contributed by atoms with van der Waals surface area (Å²) in [5, 5.41) is 11.6. The molecule has 1 aliphatic carbocycles. The summed E-state index contributed by atoms with van der Waals surface area (Å²) in [6.07, 6.45) is 7.29. The van der Waals surface area contributed by atoms with E-state index < -0.39 is 11.1 Å². The summed E-state index contributed by atoms with van der Waals surface area (Å²) >= 11 is 7.65. The van der Waals surface area contributed by atoms with E-state index in [1.54, 1.807) is 18.5 Å². The van der Waals surface area contributed by atoms with Crippen molar-refractivity contribution in [3.8, 4) is 0 Å². The van der Waals surface area contributed by atoms with E-state index in [1.807, 2.05) is 22.7 Å². The number of imidazole rings is 1. The summed E-state index contributed by atoms with van der Waals surface area (Å²) < 4.78 is 1.90. The van der Waals surface area contributed by atoms with E-state index in [9.17, 15) is 5.11 Å².